The summed E-state index contributed by atoms with van der Waals surface area (Å²) in [6.45, 7) is 3.02. The van der Waals surface area contributed by atoms with E-state index in [1.165, 1.54) is 0 Å². The van der Waals surface area contributed by atoms with Gasteiger partial charge < -0.3 is 9.47 Å². The van der Waals surface area contributed by atoms with Crippen molar-refractivity contribution in [2.75, 3.05) is 13.2 Å². The Morgan fingerprint density at radius 2 is 1.92 bits per heavy atom. The molecule has 0 amide bonds. The molecule has 0 atom stereocenters. The fraction of sp³-hybridized carbons (Fsp3) is 0.222. The first-order valence-electron chi connectivity index (χ1n) is 7.90. The number of halogens is 1. The lowest BCUT2D eigenvalue weighted by Crippen LogP contribution is -2.15. The summed E-state index contributed by atoms with van der Waals surface area (Å²) in [6, 6.07) is 14.0. The molecule has 7 heteroatoms. The SMILES string of the molecule is Cc1nnc(SCc2cc(Cl)c3c(c2)OCCO3)n1-c1ccccc1. The molecule has 0 saturated carbocycles. The van der Waals surface area contributed by atoms with E-state index in [2.05, 4.69) is 10.2 Å². The molecule has 0 saturated heterocycles. The molecule has 1 aromatic heterocycles. The first-order valence-corrected chi connectivity index (χ1v) is 9.27. The molecule has 1 aliphatic heterocycles. The second kappa shape index (κ2) is 6.98. The lowest BCUT2D eigenvalue weighted by molar-refractivity contribution is 0.171. The van der Waals surface area contributed by atoms with Gasteiger partial charge in [-0.3, -0.25) is 4.57 Å². The van der Waals surface area contributed by atoms with E-state index in [1.807, 2.05) is 54.0 Å². The number of para-hydroxylation sites is 1. The average molecular weight is 374 g/mol. The Morgan fingerprint density at radius 1 is 1.12 bits per heavy atom. The van der Waals surface area contributed by atoms with Crippen LogP contribution in [0.15, 0.2) is 47.6 Å². The summed E-state index contributed by atoms with van der Waals surface area (Å²) < 4.78 is 13.3. The van der Waals surface area contributed by atoms with Crippen molar-refractivity contribution >= 4 is 23.4 Å². The fourth-order valence-electron chi connectivity index (χ4n) is 2.71. The van der Waals surface area contributed by atoms with Gasteiger partial charge in [0.1, 0.15) is 19.0 Å². The molecule has 0 radical (unpaired) electrons. The highest BCUT2D eigenvalue weighted by molar-refractivity contribution is 7.98. The Hall–Kier alpha value is -2.18. The van der Waals surface area contributed by atoms with Gasteiger partial charge >= 0.3 is 0 Å². The van der Waals surface area contributed by atoms with Crippen LogP contribution in [0.4, 0.5) is 0 Å². The molecule has 0 fully saturated rings. The zero-order valence-corrected chi connectivity index (χ0v) is 15.2. The number of aromatic nitrogens is 3. The molecule has 0 bridgehead atoms. The van der Waals surface area contributed by atoms with Gasteiger partial charge in [0.15, 0.2) is 16.7 Å². The molecule has 2 aromatic carbocycles. The normalized spacial score (nSPS) is 13.0. The van der Waals surface area contributed by atoms with E-state index in [4.69, 9.17) is 21.1 Å². The summed E-state index contributed by atoms with van der Waals surface area (Å²) in [5.74, 6) is 2.90. The third kappa shape index (κ3) is 3.32. The minimum absolute atomic E-state index is 0.528. The van der Waals surface area contributed by atoms with Crippen LogP contribution in [-0.2, 0) is 5.75 Å². The second-order valence-electron chi connectivity index (χ2n) is 5.59. The maximum Gasteiger partial charge on any atom is 0.196 e. The summed E-state index contributed by atoms with van der Waals surface area (Å²) in [5, 5.41) is 9.94. The molecule has 0 aliphatic carbocycles. The van der Waals surface area contributed by atoms with Crippen LogP contribution in [0.3, 0.4) is 0 Å². The summed E-state index contributed by atoms with van der Waals surface area (Å²) >= 11 is 7.92. The lowest BCUT2D eigenvalue weighted by atomic mass is 10.2. The van der Waals surface area contributed by atoms with Gasteiger partial charge in [-0.15, -0.1) is 10.2 Å². The van der Waals surface area contributed by atoms with Crippen LogP contribution in [0.2, 0.25) is 5.02 Å². The summed E-state index contributed by atoms with van der Waals surface area (Å²) in [7, 11) is 0. The minimum Gasteiger partial charge on any atom is -0.486 e. The third-order valence-electron chi connectivity index (χ3n) is 3.83. The van der Waals surface area contributed by atoms with Gasteiger partial charge in [-0.05, 0) is 36.8 Å². The maximum atomic E-state index is 6.31. The van der Waals surface area contributed by atoms with Crippen molar-refractivity contribution in [1.29, 1.82) is 0 Å². The number of hydrogen-bond donors (Lipinski definition) is 0. The third-order valence-corrected chi connectivity index (χ3v) is 5.11. The van der Waals surface area contributed by atoms with Crippen molar-refractivity contribution in [3.8, 4) is 17.2 Å². The van der Waals surface area contributed by atoms with Gasteiger partial charge in [-0.2, -0.15) is 0 Å². The highest BCUT2D eigenvalue weighted by Crippen LogP contribution is 2.39. The van der Waals surface area contributed by atoms with E-state index >= 15 is 0 Å². The smallest absolute Gasteiger partial charge is 0.196 e. The maximum absolute atomic E-state index is 6.31. The minimum atomic E-state index is 0.528. The molecule has 2 heterocycles. The highest BCUT2D eigenvalue weighted by atomic mass is 35.5. The standard InChI is InChI=1S/C18H16ClN3O2S/c1-12-20-21-18(22(12)14-5-3-2-4-6-14)25-11-13-9-15(19)17-16(10-13)23-7-8-24-17/h2-6,9-10H,7-8,11H2,1H3. The Morgan fingerprint density at radius 3 is 2.76 bits per heavy atom. The van der Waals surface area contributed by atoms with Crippen molar-refractivity contribution < 1.29 is 9.47 Å². The van der Waals surface area contributed by atoms with Crippen LogP contribution in [0.25, 0.3) is 5.69 Å². The van der Waals surface area contributed by atoms with Crippen molar-refractivity contribution in [3.05, 3.63) is 58.9 Å². The molecule has 1 aliphatic rings. The second-order valence-corrected chi connectivity index (χ2v) is 6.94. The van der Waals surface area contributed by atoms with Gasteiger partial charge in [-0.1, -0.05) is 41.6 Å². The van der Waals surface area contributed by atoms with E-state index in [-0.39, 0.29) is 0 Å². The summed E-state index contributed by atoms with van der Waals surface area (Å²) in [4.78, 5) is 0. The van der Waals surface area contributed by atoms with Crippen LogP contribution in [0.1, 0.15) is 11.4 Å². The number of fused-ring (bicyclic) bond motifs is 1. The Kier molecular flexibility index (Phi) is 4.55. The summed E-state index contributed by atoms with van der Waals surface area (Å²) in [6.07, 6.45) is 0. The molecule has 3 aromatic rings. The van der Waals surface area contributed by atoms with E-state index in [0.717, 1.165) is 22.2 Å². The van der Waals surface area contributed by atoms with E-state index in [9.17, 15) is 0 Å². The van der Waals surface area contributed by atoms with Crippen LogP contribution in [0.5, 0.6) is 11.5 Å². The Bertz CT molecular complexity index is 899. The molecule has 0 spiro atoms. The van der Waals surface area contributed by atoms with Crippen LogP contribution >= 0.6 is 23.4 Å². The number of rotatable bonds is 4. The van der Waals surface area contributed by atoms with Crippen molar-refractivity contribution in [2.45, 2.75) is 17.8 Å². The Balaban J connectivity index is 1.58. The van der Waals surface area contributed by atoms with Gasteiger partial charge in [0.25, 0.3) is 0 Å². The van der Waals surface area contributed by atoms with Gasteiger partial charge in [0.2, 0.25) is 0 Å². The monoisotopic (exact) mass is 373 g/mol. The number of benzene rings is 2. The Labute approximate surface area is 154 Å². The number of aryl methyl sites for hydroxylation is 1. The van der Waals surface area contributed by atoms with Crippen molar-refractivity contribution in [1.82, 2.24) is 14.8 Å². The van der Waals surface area contributed by atoms with Crippen LogP contribution in [-0.4, -0.2) is 28.0 Å². The predicted molar refractivity (Wildman–Crippen MR) is 98.1 cm³/mol. The van der Waals surface area contributed by atoms with Crippen molar-refractivity contribution in [2.24, 2.45) is 0 Å². The largest absolute Gasteiger partial charge is 0.486 e. The molecule has 25 heavy (non-hydrogen) atoms. The topological polar surface area (TPSA) is 49.2 Å². The van der Waals surface area contributed by atoms with Gasteiger partial charge in [0.05, 0.1) is 5.02 Å². The molecular weight excluding hydrogens is 358 g/mol. The predicted octanol–water partition coefficient (Wildman–Crippen LogP) is 4.29. The summed E-state index contributed by atoms with van der Waals surface area (Å²) in [5.41, 5.74) is 2.10. The zero-order chi connectivity index (χ0) is 17.2. The molecule has 128 valence electrons. The fourth-order valence-corrected chi connectivity index (χ4v) is 3.92. The number of ether oxygens (including phenoxy) is 2. The lowest BCUT2D eigenvalue weighted by Gasteiger charge is -2.20. The molecular formula is C18H16ClN3O2S. The van der Waals surface area contributed by atoms with Gasteiger partial charge in [0, 0.05) is 11.4 Å². The number of hydrogen-bond acceptors (Lipinski definition) is 5. The molecule has 5 nitrogen and oxygen atoms in total. The van der Waals surface area contributed by atoms with Crippen LogP contribution < -0.4 is 9.47 Å². The van der Waals surface area contributed by atoms with Crippen molar-refractivity contribution in [3.63, 3.8) is 0 Å². The number of nitrogens with zero attached hydrogens (tertiary/aromatic N) is 3. The van der Waals surface area contributed by atoms with E-state index < -0.39 is 0 Å². The zero-order valence-electron chi connectivity index (χ0n) is 13.6. The quantitative estimate of drug-likeness (QED) is 0.638. The molecule has 4 rings (SSSR count). The van der Waals surface area contributed by atoms with Crippen LogP contribution in [0, 0.1) is 6.92 Å². The first kappa shape index (κ1) is 16.3. The average Bonchev–Trinajstić information content (AvgIpc) is 3.01. The van der Waals surface area contributed by atoms with Gasteiger partial charge in [-0.25, -0.2) is 0 Å². The van der Waals surface area contributed by atoms with E-state index in [0.29, 0.717) is 35.5 Å². The molecule has 0 N–H and O–H groups in total. The van der Waals surface area contributed by atoms with E-state index in [1.54, 1.807) is 11.8 Å². The number of thioether (sulfide) groups is 1. The molecule has 0 unspecified atom stereocenters. The first-order chi connectivity index (χ1) is 12.2. The highest BCUT2D eigenvalue weighted by Gasteiger charge is 2.17.